The molecule has 1 fully saturated rings. The van der Waals surface area contributed by atoms with Gasteiger partial charge < -0.3 is 25.4 Å². The van der Waals surface area contributed by atoms with Crippen LogP contribution in [0, 0.1) is 5.92 Å². The van der Waals surface area contributed by atoms with Crippen molar-refractivity contribution in [3.8, 4) is 0 Å². The molecule has 0 bridgehead atoms. The quantitative estimate of drug-likeness (QED) is 0.316. The van der Waals surface area contributed by atoms with Crippen molar-refractivity contribution in [3.05, 3.63) is 0 Å². The van der Waals surface area contributed by atoms with Gasteiger partial charge in [0.05, 0.1) is 13.2 Å². The zero-order valence-electron chi connectivity index (χ0n) is 17.8. The maximum Gasteiger partial charge on any atom is 0.407 e. The normalized spacial score (nSPS) is 17.3. The molecule has 0 radical (unpaired) electrons. The number of rotatable bonds is 9. The van der Waals surface area contributed by atoms with Crippen LogP contribution in [0.2, 0.25) is 0 Å². The molecule has 0 aliphatic carbocycles. The fourth-order valence-corrected chi connectivity index (χ4v) is 2.67. The van der Waals surface area contributed by atoms with E-state index in [9.17, 15) is 4.79 Å². The highest BCUT2D eigenvalue weighted by atomic mass is 16.6. The van der Waals surface area contributed by atoms with Crippen LogP contribution in [-0.2, 0) is 9.47 Å². The van der Waals surface area contributed by atoms with E-state index in [0.717, 1.165) is 64.9 Å². The lowest BCUT2D eigenvalue weighted by molar-refractivity contribution is 0.0323. The SMILES string of the molecule is CCNC(=NCC(C)CN1CCOCC1)NCCCNC(=O)OC(C)(C)C. The molecule has 0 spiro atoms. The number of ether oxygens (including phenoxy) is 2. The molecule has 3 N–H and O–H groups in total. The first kappa shape index (κ1) is 23.5. The Labute approximate surface area is 164 Å². The number of amides is 1. The average molecular weight is 386 g/mol. The summed E-state index contributed by atoms with van der Waals surface area (Å²) in [6, 6.07) is 0. The predicted octanol–water partition coefficient (Wildman–Crippen LogP) is 1.42. The number of hydrogen-bond acceptors (Lipinski definition) is 5. The Balaban J connectivity index is 2.23. The number of carbonyl (C=O) groups is 1. The van der Waals surface area contributed by atoms with Crippen LogP contribution in [0.4, 0.5) is 4.79 Å². The Morgan fingerprint density at radius 3 is 2.48 bits per heavy atom. The molecule has 1 atom stereocenters. The van der Waals surface area contributed by atoms with Gasteiger partial charge in [-0.2, -0.15) is 0 Å². The lowest BCUT2D eigenvalue weighted by atomic mass is 10.1. The number of hydrogen-bond donors (Lipinski definition) is 3. The minimum absolute atomic E-state index is 0.375. The molecule has 1 aliphatic rings. The Morgan fingerprint density at radius 2 is 1.85 bits per heavy atom. The van der Waals surface area contributed by atoms with Gasteiger partial charge in [-0.3, -0.25) is 9.89 Å². The molecule has 158 valence electrons. The molecule has 1 aliphatic heterocycles. The van der Waals surface area contributed by atoms with Gasteiger partial charge in [0, 0.05) is 45.8 Å². The van der Waals surface area contributed by atoms with Crippen molar-refractivity contribution < 1.29 is 14.3 Å². The Bertz CT molecular complexity index is 445. The second-order valence-electron chi connectivity index (χ2n) is 7.95. The third kappa shape index (κ3) is 12.5. The maximum atomic E-state index is 11.6. The summed E-state index contributed by atoms with van der Waals surface area (Å²) in [6.45, 7) is 17.5. The van der Waals surface area contributed by atoms with E-state index in [-0.39, 0.29) is 6.09 Å². The minimum Gasteiger partial charge on any atom is -0.444 e. The number of guanidine groups is 1. The van der Waals surface area contributed by atoms with Gasteiger partial charge in [-0.1, -0.05) is 6.92 Å². The van der Waals surface area contributed by atoms with Crippen LogP contribution in [0.15, 0.2) is 4.99 Å². The summed E-state index contributed by atoms with van der Waals surface area (Å²) >= 11 is 0. The number of nitrogens with one attached hydrogen (secondary N) is 3. The number of alkyl carbamates (subject to hydrolysis) is 1. The molecule has 1 rings (SSSR count). The van der Waals surface area contributed by atoms with Crippen molar-refractivity contribution in [2.24, 2.45) is 10.9 Å². The van der Waals surface area contributed by atoms with Gasteiger partial charge in [0.2, 0.25) is 0 Å². The Morgan fingerprint density at radius 1 is 1.19 bits per heavy atom. The molecule has 1 unspecified atom stereocenters. The smallest absolute Gasteiger partial charge is 0.407 e. The monoisotopic (exact) mass is 385 g/mol. The number of nitrogens with zero attached hydrogens (tertiary/aromatic N) is 2. The second-order valence-corrected chi connectivity index (χ2v) is 7.95. The number of aliphatic imine (C=N–C) groups is 1. The van der Waals surface area contributed by atoms with Gasteiger partial charge in [-0.05, 0) is 40.0 Å². The van der Waals surface area contributed by atoms with Gasteiger partial charge in [-0.25, -0.2) is 4.79 Å². The van der Waals surface area contributed by atoms with E-state index < -0.39 is 5.60 Å². The summed E-state index contributed by atoms with van der Waals surface area (Å²) in [7, 11) is 0. The molecule has 1 saturated heterocycles. The topological polar surface area (TPSA) is 87.2 Å². The molecule has 0 aromatic rings. The molecule has 1 heterocycles. The van der Waals surface area contributed by atoms with Gasteiger partial charge in [0.25, 0.3) is 0 Å². The molecular weight excluding hydrogens is 346 g/mol. The van der Waals surface area contributed by atoms with Crippen LogP contribution in [0.3, 0.4) is 0 Å². The highest BCUT2D eigenvalue weighted by Crippen LogP contribution is 2.06. The van der Waals surface area contributed by atoms with Crippen molar-refractivity contribution in [1.82, 2.24) is 20.9 Å². The summed E-state index contributed by atoms with van der Waals surface area (Å²) in [5.41, 5.74) is -0.467. The summed E-state index contributed by atoms with van der Waals surface area (Å²) in [5, 5.41) is 9.34. The summed E-state index contributed by atoms with van der Waals surface area (Å²) in [6.07, 6.45) is 0.424. The zero-order valence-corrected chi connectivity index (χ0v) is 17.8. The standard InChI is InChI=1S/C19H39N5O3/c1-6-20-17(21-8-7-9-22-18(25)27-19(3,4)5)23-14-16(2)15-24-10-12-26-13-11-24/h16H,6-15H2,1-5H3,(H,22,25)(H2,20,21,23). The lowest BCUT2D eigenvalue weighted by Crippen LogP contribution is -2.41. The van der Waals surface area contributed by atoms with E-state index in [1.165, 1.54) is 0 Å². The minimum atomic E-state index is -0.467. The van der Waals surface area contributed by atoms with Crippen molar-refractivity contribution in [3.63, 3.8) is 0 Å². The third-order valence-corrected chi connectivity index (χ3v) is 3.89. The first-order valence-corrected chi connectivity index (χ1v) is 10.1. The van der Waals surface area contributed by atoms with Crippen LogP contribution in [0.25, 0.3) is 0 Å². The predicted molar refractivity (Wildman–Crippen MR) is 109 cm³/mol. The summed E-state index contributed by atoms with van der Waals surface area (Å²) < 4.78 is 10.6. The fourth-order valence-electron chi connectivity index (χ4n) is 2.67. The first-order chi connectivity index (χ1) is 12.8. The highest BCUT2D eigenvalue weighted by molar-refractivity contribution is 5.79. The highest BCUT2D eigenvalue weighted by Gasteiger charge is 2.15. The maximum absolute atomic E-state index is 11.6. The Kier molecular flexibility index (Phi) is 11.1. The molecule has 8 heteroatoms. The van der Waals surface area contributed by atoms with Gasteiger partial charge >= 0.3 is 6.09 Å². The first-order valence-electron chi connectivity index (χ1n) is 10.1. The van der Waals surface area contributed by atoms with Crippen LogP contribution in [0.5, 0.6) is 0 Å². The van der Waals surface area contributed by atoms with Gasteiger partial charge in [-0.15, -0.1) is 0 Å². The lowest BCUT2D eigenvalue weighted by Gasteiger charge is -2.28. The van der Waals surface area contributed by atoms with E-state index in [0.29, 0.717) is 12.5 Å². The van der Waals surface area contributed by atoms with E-state index in [1.54, 1.807) is 0 Å². The molecule has 8 nitrogen and oxygen atoms in total. The van der Waals surface area contributed by atoms with E-state index in [1.807, 2.05) is 20.8 Å². The molecule has 27 heavy (non-hydrogen) atoms. The van der Waals surface area contributed by atoms with E-state index >= 15 is 0 Å². The number of morpholine rings is 1. The van der Waals surface area contributed by atoms with Crippen LogP contribution < -0.4 is 16.0 Å². The van der Waals surface area contributed by atoms with Crippen LogP contribution in [0.1, 0.15) is 41.0 Å². The average Bonchev–Trinajstić information content (AvgIpc) is 2.58. The third-order valence-electron chi connectivity index (χ3n) is 3.89. The summed E-state index contributed by atoms with van der Waals surface area (Å²) in [4.78, 5) is 18.7. The molecule has 0 aromatic carbocycles. The van der Waals surface area contributed by atoms with Crippen molar-refractivity contribution in [2.75, 3.05) is 59.0 Å². The van der Waals surface area contributed by atoms with Crippen molar-refractivity contribution in [1.29, 1.82) is 0 Å². The van der Waals surface area contributed by atoms with Gasteiger partial charge in [0.15, 0.2) is 5.96 Å². The van der Waals surface area contributed by atoms with Gasteiger partial charge in [0.1, 0.15) is 5.60 Å². The zero-order chi connectivity index (χ0) is 20.1. The van der Waals surface area contributed by atoms with E-state index in [4.69, 9.17) is 9.47 Å². The molecule has 0 aromatic heterocycles. The molecular formula is C19H39N5O3. The van der Waals surface area contributed by atoms with Crippen LogP contribution >= 0.6 is 0 Å². The van der Waals surface area contributed by atoms with Crippen LogP contribution in [-0.4, -0.2) is 81.6 Å². The fraction of sp³-hybridized carbons (Fsp3) is 0.895. The van der Waals surface area contributed by atoms with Crippen molar-refractivity contribution in [2.45, 2.75) is 46.6 Å². The largest absolute Gasteiger partial charge is 0.444 e. The second kappa shape index (κ2) is 12.8. The Hall–Kier alpha value is -1.54. The molecule has 1 amide bonds. The van der Waals surface area contributed by atoms with Crippen molar-refractivity contribution >= 4 is 12.1 Å². The van der Waals surface area contributed by atoms with E-state index in [2.05, 4.69) is 39.7 Å². The molecule has 0 saturated carbocycles. The number of carbonyl (C=O) groups excluding carboxylic acids is 1. The summed E-state index contributed by atoms with van der Waals surface area (Å²) in [5.74, 6) is 1.32.